The maximum absolute atomic E-state index is 14.1. The van der Waals surface area contributed by atoms with E-state index in [2.05, 4.69) is 4.98 Å². The molecule has 2 N–H and O–H groups in total. The van der Waals surface area contributed by atoms with Crippen LogP contribution in [-0.4, -0.2) is 34.9 Å². The number of amides is 1. The van der Waals surface area contributed by atoms with Crippen molar-refractivity contribution in [3.63, 3.8) is 0 Å². The highest BCUT2D eigenvalue weighted by atomic mass is 19.1. The van der Waals surface area contributed by atoms with E-state index in [-0.39, 0.29) is 17.8 Å². The van der Waals surface area contributed by atoms with Crippen LogP contribution in [-0.2, 0) is 0 Å². The average Bonchev–Trinajstić information content (AvgIpc) is 3.46. The van der Waals surface area contributed by atoms with Gasteiger partial charge in [-0.15, -0.1) is 0 Å². The standard InChI is InChI=1S/C23H22FN3O2/c24-19-8-4-3-7-17(19)21-11-26-22(29-21)15-5-1-2-6-16(15)23(28)27-12-14-9-10-20(25)18(14)13-27/h1-8,11,14,18,20H,9-10,12-13,25H2. The van der Waals surface area contributed by atoms with E-state index in [0.717, 1.165) is 19.4 Å². The van der Waals surface area contributed by atoms with Crippen molar-refractivity contribution in [1.82, 2.24) is 9.88 Å². The number of carbonyl (C=O) groups is 1. The van der Waals surface area contributed by atoms with Crippen LogP contribution in [0.4, 0.5) is 4.39 Å². The monoisotopic (exact) mass is 391 g/mol. The van der Waals surface area contributed by atoms with Crippen molar-refractivity contribution in [1.29, 1.82) is 0 Å². The quantitative estimate of drug-likeness (QED) is 0.734. The topological polar surface area (TPSA) is 72.4 Å². The van der Waals surface area contributed by atoms with Gasteiger partial charge in [0.15, 0.2) is 5.76 Å². The third-order valence-electron chi connectivity index (χ3n) is 6.23. The second kappa shape index (κ2) is 7.12. The van der Waals surface area contributed by atoms with Crippen molar-refractivity contribution in [2.24, 2.45) is 17.6 Å². The van der Waals surface area contributed by atoms with Gasteiger partial charge < -0.3 is 15.1 Å². The third-order valence-corrected chi connectivity index (χ3v) is 6.23. The van der Waals surface area contributed by atoms with E-state index in [9.17, 15) is 9.18 Å². The van der Waals surface area contributed by atoms with Crippen molar-refractivity contribution in [3.8, 4) is 22.8 Å². The van der Waals surface area contributed by atoms with Crippen molar-refractivity contribution in [2.45, 2.75) is 18.9 Å². The Hall–Kier alpha value is -2.99. The Morgan fingerprint density at radius 1 is 1.07 bits per heavy atom. The molecule has 1 saturated carbocycles. The zero-order valence-electron chi connectivity index (χ0n) is 15.9. The number of carbonyl (C=O) groups excluding carboxylic acids is 1. The molecule has 5 nitrogen and oxygen atoms in total. The van der Waals surface area contributed by atoms with Gasteiger partial charge in [-0.25, -0.2) is 9.37 Å². The van der Waals surface area contributed by atoms with Crippen molar-refractivity contribution in [2.75, 3.05) is 13.1 Å². The van der Waals surface area contributed by atoms with Gasteiger partial charge in [-0.2, -0.15) is 0 Å². The Balaban J connectivity index is 1.45. The molecule has 1 amide bonds. The SMILES string of the molecule is NC1CCC2CN(C(=O)c3ccccc3-c3ncc(-c4ccccc4F)o3)CC12. The number of hydrogen-bond donors (Lipinski definition) is 1. The van der Waals surface area contributed by atoms with Crippen LogP contribution in [0.3, 0.4) is 0 Å². The fourth-order valence-electron chi connectivity index (χ4n) is 4.68. The summed E-state index contributed by atoms with van der Waals surface area (Å²) in [5, 5.41) is 0. The number of likely N-dealkylation sites (tertiary alicyclic amines) is 1. The zero-order valence-corrected chi connectivity index (χ0v) is 15.9. The molecule has 0 spiro atoms. The lowest BCUT2D eigenvalue weighted by molar-refractivity contribution is 0.0780. The van der Waals surface area contributed by atoms with Crippen LogP contribution >= 0.6 is 0 Å². The lowest BCUT2D eigenvalue weighted by Gasteiger charge is -2.19. The summed E-state index contributed by atoms with van der Waals surface area (Å²) in [4.78, 5) is 19.5. The van der Waals surface area contributed by atoms with Crippen LogP contribution in [0.5, 0.6) is 0 Å². The Kier molecular flexibility index (Phi) is 4.43. The van der Waals surface area contributed by atoms with Crippen LogP contribution in [0.15, 0.2) is 59.1 Å². The number of nitrogens with zero attached hydrogens (tertiary/aromatic N) is 2. The number of oxazole rings is 1. The molecule has 0 bridgehead atoms. The average molecular weight is 391 g/mol. The van der Waals surface area contributed by atoms with E-state index in [1.807, 2.05) is 23.1 Å². The van der Waals surface area contributed by atoms with E-state index < -0.39 is 0 Å². The van der Waals surface area contributed by atoms with Gasteiger partial charge in [0.05, 0.1) is 17.3 Å². The Bertz CT molecular complexity index is 1060. The summed E-state index contributed by atoms with van der Waals surface area (Å²) >= 11 is 0. The van der Waals surface area contributed by atoms with Gasteiger partial charge >= 0.3 is 0 Å². The molecular formula is C23H22FN3O2. The van der Waals surface area contributed by atoms with E-state index in [1.54, 1.807) is 24.3 Å². The molecule has 1 saturated heterocycles. The number of aromatic nitrogens is 1. The molecular weight excluding hydrogens is 369 g/mol. The van der Waals surface area contributed by atoms with Crippen LogP contribution in [0.25, 0.3) is 22.8 Å². The second-order valence-electron chi connectivity index (χ2n) is 7.93. The first-order valence-electron chi connectivity index (χ1n) is 9.97. The van der Waals surface area contributed by atoms with Gasteiger partial charge in [0.25, 0.3) is 5.91 Å². The minimum atomic E-state index is -0.375. The molecule has 5 rings (SSSR count). The Morgan fingerprint density at radius 2 is 1.83 bits per heavy atom. The fourth-order valence-corrected chi connectivity index (χ4v) is 4.68. The fraction of sp³-hybridized carbons (Fsp3) is 0.304. The summed E-state index contributed by atoms with van der Waals surface area (Å²) in [7, 11) is 0. The molecule has 2 aromatic carbocycles. The van der Waals surface area contributed by atoms with Crippen molar-refractivity contribution >= 4 is 5.91 Å². The number of benzene rings is 2. The second-order valence-corrected chi connectivity index (χ2v) is 7.93. The summed E-state index contributed by atoms with van der Waals surface area (Å²) < 4.78 is 19.9. The van der Waals surface area contributed by atoms with Gasteiger partial charge in [0.1, 0.15) is 5.82 Å². The lowest BCUT2D eigenvalue weighted by Crippen LogP contribution is -2.33. The molecule has 2 aliphatic rings. The summed E-state index contributed by atoms with van der Waals surface area (Å²) in [5.41, 5.74) is 7.72. The summed E-state index contributed by atoms with van der Waals surface area (Å²) in [5.74, 6) is 1.12. The minimum Gasteiger partial charge on any atom is -0.436 e. The van der Waals surface area contributed by atoms with Crippen LogP contribution in [0.1, 0.15) is 23.2 Å². The summed E-state index contributed by atoms with van der Waals surface area (Å²) in [6.07, 6.45) is 3.63. The lowest BCUT2D eigenvalue weighted by atomic mass is 9.98. The molecule has 2 fully saturated rings. The van der Waals surface area contributed by atoms with E-state index >= 15 is 0 Å². The number of hydrogen-bond acceptors (Lipinski definition) is 4. The maximum Gasteiger partial charge on any atom is 0.254 e. The first-order chi connectivity index (χ1) is 14.1. The first kappa shape index (κ1) is 18.1. The molecule has 6 heteroatoms. The molecule has 1 aliphatic carbocycles. The number of fused-ring (bicyclic) bond motifs is 1. The molecule has 148 valence electrons. The number of nitrogens with two attached hydrogens (primary N) is 1. The van der Waals surface area contributed by atoms with Gasteiger partial charge in [-0.05, 0) is 48.9 Å². The highest BCUT2D eigenvalue weighted by Crippen LogP contribution is 2.38. The predicted molar refractivity (Wildman–Crippen MR) is 107 cm³/mol. The molecule has 3 aromatic rings. The van der Waals surface area contributed by atoms with Gasteiger partial charge in [-0.1, -0.05) is 24.3 Å². The predicted octanol–water partition coefficient (Wildman–Crippen LogP) is 3.96. The van der Waals surface area contributed by atoms with Crippen LogP contribution in [0.2, 0.25) is 0 Å². The molecule has 29 heavy (non-hydrogen) atoms. The highest BCUT2D eigenvalue weighted by molar-refractivity contribution is 6.00. The molecule has 3 atom stereocenters. The summed E-state index contributed by atoms with van der Waals surface area (Å²) in [6.45, 7) is 1.45. The highest BCUT2D eigenvalue weighted by Gasteiger charge is 2.42. The molecule has 3 unspecified atom stereocenters. The Labute approximate surface area is 168 Å². The molecule has 1 aromatic heterocycles. The van der Waals surface area contributed by atoms with Crippen molar-refractivity contribution in [3.05, 3.63) is 66.1 Å². The van der Waals surface area contributed by atoms with Crippen LogP contribution in [0, 0.1) is 17.7 Å². The number of rotatable bonds is 3. The molecule has 2 heterocycles. The first-order valence-corrected chi connectivity index (χ1v) is 9.97. The number of halogens is 1. The normalized spacial score (nSPS) is 23.4. The van der Waals surface area contributed by atoms with Gasteiger partial charge in [0.2, 0.25) is 5.89 Å². The smallest absolute Gasteiger partial charge is 0.254 e. The summed E-state index contributed by atoms with van der Waals surface area (Å²) in [6, 6.07) is 13.9. The molecule has 1 aliphatic heterocycles. The van der Waals surface area contributed by atoms with Gasteiger partial charge in [0, 0.05) is 24.7 Å². The van der Waals surface area contributed by atoms with E-state index in [0.29, 0.717) is 46.7 Å². The van der Waals surface area contributed by atoms with Crippen LogP contribution < -0.4 is 5.73 Å². The van der Waals surface area contributed by atoms with Gasteiger partial charge in [-0.3, -0.25) is 4.79 Å². The minimum absolute atomic E-state index is 0.0344. The van der Waals surface area contributed by atoms with E-state index in [1.165, 1.54) is 12.3 Å². The maximum atomic E-state index is 14.1. The third kappa shape index (κ3) is 3.13. The largest absolute Gasteiger partial charge is 0.436 e. The van der Waals surface area contributed by atoms with E-state index in [4.69, 9.17) is 10.2 Å². The molecule has 0 radical (unpaired) electrons. The van der Waals surface area contributed by atoms with Crippen molar-refractivity contribution < 1.29 is 13.6 Å². The zero-order chi connectivity index (χ0) is 20.0. The Morgan fingerprint density at radius 3 is 2.62 bits per heavy atom.